The minimum atomic E-state index is -0.442. The van der Waals surface area contributed by atoms with Crippen molar-refractivity contribution in [2.24, 2.45) is 5.73 Å². The van der Waals surface area contributed by atoms with Gasteiger partial charge >= 0.3 is 5.69 Å². The van der Waals surface area contributed by atoms with Crippen molar-refractivity contribution >= 4 is 11.5 Å². The Hall–Kier alpha value is -1.69. The minimum Gasteiger partial charge on any atom is -0.360 e. The monoisotopic (exact) mass is 238 g/mol. The maximum absolute atomic E-state index is 10.8. The van der Waals surface area contributed by atoms with Crippen LogP contribution in [0.1, 0.15) is 26.2 Å². The molecule has 0 saturated heterocycles. The van der Waals surface area contributed by atoms with E-state index in [2.05, 4.69) is 17.2 Å². The average molecular weight is 238 g/mol. The second kappa shape index (κ2) is 6.80. The van der Waals surface area contributed by atoms with Crippen molar-refractivity contribution in [1.29, 1.82) is 0 Å². The van der Waals surface area contributed by atoms with Crippen molar-refractivity contribution in [3.05, 3.63) is 28.4 Å². The molecule has 3 N–H and O–H groups in total. The first kappa shape index (κ1) is 13.4. The highest BCUT2D eigenvalue weighted by Crippen LogP contribution is 2.21. The Morgan fingerprint density at radius 1 is 1.65 bits per heavy atom. The van der Waals surface area contributed by atoms with Gasteiger partial charge in [-0.05, 0) is 12.5 Å². The van der Waals surface area contributed by atoms with Crippen molar-refractivity contribution < 1.29 is 4.92 Å². The molecule has 1 rings (SSSR count). The first-order chi connectivity index (χ1) is 8.19. The summed E-state index contributed by atoms with van der Waals surface area (Å²) < 4.78 is 0. The van der Waals surface area contributed by atoms with E-state index in [1.165, 1.54) is 12.3 Å². The Bertz CT molecular complexity index is 370. The van der Waals surface area contributed by atoms with Gasteiger partial charge in [0.25, 0.3) is 0 Å². The van der Waals surface area contributed by atoms with Gasteiger partial charge in [0, 0.05) is 24.8 Å². The number of hydrogen-bond acceptors (Lipinski definition) is 5. The van der Waals surface area contributed by atoms with Gasteiger partial charge in [-0.1, -0.05) is 19.8 Å². The molecule has 0 saturated carbocycles. The quantitative estimate of drug-likeness (QED) is 0.559. The Balaban J connectivity index is 2.75. The zero-order valence-corrected chi connectivity index (χ0v) is 9.93. The average Bonchev–Trinajstić information content (AvgIpc) is 2.34. The standard InChI is InChI=1S/C11H18N4O2/c1-2-3-5-9(8-12)14-11-10(15(16)17)6-4-7-13-11/h4,6-7,9H,2-3,5,8,12H2,1H3,(H,13,14). The molecule has 1 unspecified atom stereocenters. The van der Waals surface area contributed by atoms with Gasteiger partial charge in [0.2, 0.25) is 5.82 Å². The van der Waals surface area contributed by atoms with Crippen LogP contribution in [0.2, 0.25) is 0 Å². The summed E-state index contributed by atoms with van der Waals surface area (Å²) in [5, 5.41) is 13.8. The maximum Gasteiger partial charge on any atom is 0.311 e. The van der Waals surface area contributed by atoms with Gasteiger partial charge in [0.1, 0.15) is 0 Å². The van der Waals surface area contributed by atoms with Crippen LogP contribution >= 0.6 is 0 Å². The number of aromatic nitrogens is 1. The number of pyridine rings is 1. The summed E-state index contributed by atoms with van der Waals surface area (Å²) in [6, 6.07) is 3.01. The molecule has 17 heavy (non-hydrogen) atoms. The van der Waals surface area contributed by atoms with E-state index in [-0.39, 0.29) is 11.7 Å². The van der Waals surface area contributed by atoms with Crippen LogP contribution in [0.25, 0.3) is 0 Å². The summed E-state index contributed by atoms with van der Waals surface area (Å²) in [5.41, 5.74) is 5.62. The summed E-state index contributed by atoms with van der Waals surface area (Å²) >= 11 is 0. The highest BCUT2D eigenvalue weighted by atomic mass is 16.6. The molecule has 0 amide bonds. The summed E-state index contributed by atoms with van der Waals surface area (Å²) in [5.74, 6) is 0.295. The van der Waals surface area contributed by atoms with Crippen molar-refractivity contribution in [2.75, 3.05) is 11.9 Å². The molecular weight excluding hydrogens is 220 g/mol. The number of nitro groups is 1. The van der Waals surface area contributed by atoms with Gasteiger partial charge in [-0.25, -0.2) is 4.98 Å². The van der Waals surface area contributed by atoms with Crippen LogP contribution in [-0.4, -0.2) is 22.5 Å². The molecule has 6 heteroatoms. The third-order valence-corrected chi connectivity index (χ3v) is 2.51. The van der Waals surface area contributed by atoms with Crippen LogP contribution in [0.15, 0.2) is 18.3 Å². The van der Waals surface area contributed by atoms with Gasteiger partial charge in [-0.15, -0.1) is 0 Å². The molecule has 94 valence electrons. The molecular formula is C11H18N4O2. The molecule has 0 aliphatic heterocycles. The van der Waals surface area contributed by atoms with Crippen molar-refractivity contribution in [3.63, 3.8) is 0 Å². The summed E-state index contributed by atoms with van der Waals surface area (Å²) in [7, 11) is 0. The molecule has 1 atom stereocenters. The van der Waals surface area contributed by atoms with Gasteiger partial charge in [-0.3, -0.25) is 10.1 Å². The topological polar surface area (TPSA) is 94.1 Å². The molecule has 0 radical (unpaired) electrons. The minimum absolute atomic E-state index is 0.0116. The van der Waals surface area contributed by atoms with E-state index in [1.807, 2.05) is 0 Å². The van der Waals surface area contributed by atoms with Crippen LogP contribution < -0.4 is 11.1 Å². The van der Waals surface area contributed by atoms with Crippen LogP contribution in [0.4, 0.5) is 11.5 Å². The molecule has 6 nitrogen and oxygen atoms in total. The van der Waals surface area contributed by atoms with Crippen molar-refractivity contribution in [1.82, 2.24) is 4.98 Å². The molecule has 1 aromatic heterocycles. The zero-order chi connectivity index (χ0) is 12.7. The number of nitrogens with zero attached hydrogens (tertiary/aromatic N) is 2. The number of unbranched alkanes of at least 4 members (excludes halogenated alkanes) is 1. The highest BCUT2D eigenvalue weighted by molar-refractivity contribution is 5.55. The third-order valence-electron chi connectivity index (χ3n) is 2.51. The Labute approximate surface area is 100 Å². The van der Waals surface area contributed by atoms with Crippen LogP contribution in [0.5, 0.6) is 0 Å². The summed E-state index contributed by atoms with van der Waals surface area (Å²) in [6.45, 7) is 2.53. The van der Waals surface area contributed by atoms with Crippen LogP contribution in [-0.2, 0) is 0 Å². The van der Waals surface area contributed by atoms with E-state index in [9.17, 15) is 10.1 Å². The first-order valence-electron chi connectivity index (χ1n) is 5.75. The number of nitrogens with two attached hydrogens (primary N) is 1. The van der Waals surface area contributed by atoms with E-state index >= 15 is 0 Å². The van der Waals surface area contributed by atoms with Gasteiger partial charge < -0.3 is 11.1 Å². The molecule has 1 aromatic rings. The normalized spacial score (nSPS) is 12.1. The van der Waals surface area contributed by atoms with E-state index in [0.29, 0.717) is 12.4 Å². The summed E-state index contributed by atoms with van der Waals surface area (Å²) in [4.78, 5) is 14.3. The smallest absolute Gasteiger partial charge is 0.311 e. The third kappa shape index (κ3) is 3.99. The zero-order valence-electron chi connectivity index (χ0n) is 9.93. The second-order valence-corrected chi connectivity index (χ2v) is 3.85. The van der Waals surface area contributed by atoms with Gasteiger partial charge in [0.05, 0.1) is 4.92 Å². The maximum atomic E-state index is 10.8. The van der Waals surface area contributed by atoms with E-state index in [0.717, 1.165) is 19.3 Å². The molecule has 1 heterocycles. The Morgan fingerprint density at radius 2 is 2.41 bits per heavy atom. The highest BCUT2D eigenvalue weighted by Gasteiger charge is 2.16. The van der Waals surface area contributed by atoms with Crippen molar-refractivity contribution in [2.45, 2.75) is 32.2 Å². The lowest BCUT2D eigenvalue weighted by Gasteiger charge is -2.16. The molecule has 0 aliphatic carbocycles. The van der Waals surface area contributed by atoms with Crippen LogP contribution in [0, 0.1) is 10.1 Å². The SMILES string of the molecule is CCCCC(CN)Nc1ncccc1[N+](=O)[O-]. The van der Waals surface area contributed by atoms with E-state index < -0.39 is 4.92 Å². The first-order valence-corrected chi connectivity index (χ1v) is 5.75. The molecule has 0 fully saturated rings. The molecule has 0 bridgehead atoms. The fourth-order valence-electron chi connectivity index (χ4n) is 1.55. The predicted molar refractivity (Wildman–Crippen MR) is 66.9 cm³/mol. The largest absolute Gasteiger partial charge is 0.360 e. The number of hydrogen-bond donors (Lipinski definition) is 2. The van der Waals surface area contributed by atoms with Gasteiger partial charge in [0.15, 0.2) is 0 Å². The fourth-order valence-corrected chi connectivity index (χ4v) is 1.55. The number of nitrogens with one attached hydrogen (secondary N) is 1. The lowest BCUT2D eigenvalue weighted by atomic mass is 10.1. The van der Waals surface area contributed by atoms with Crippen LogP contribution in [0.3, 0.4) is 0 Å². The number of rotatable bonds is 7. The molecule has 0 aliphatic rings. The summed E-state index contributed by atoms with van der Waals surface area (Å²) in [6.07, 6.45) is 4.53. The lowest BCUT2D eigenvalue weighted by molar-refractivity contribution is -0.384. The van der Waals surface area contributed by atoms with Gasteiger partial charge in [-0.2, -0.15) is 0 Å². The van der Waals surface area contributed by atoms with E-state index in [1.54, 1.807) is 6.07 Å². The van der Waals surface area contributed by atoms with Crippen molar-refractivity contribution in [3.8, 4) is 0 Å². The Morgan fingerprint density at radius 3 is 3.00 bits per heavy atom. The van der Waals surface area contributed by atoms with E-state index in [4.69, 9.17) is 5.73 Å². The fraction of sp³-hybridized carbons (Fsp3) is 0.545. The molecule has 0 aromatic carbocycles. The molecule has 0 spiro atoms. The Kier molecular flexibility index (Phi) is 5.35. The predicted octanol–water partition coefficient (Wildman–Crippen LogP) is 1.92. The number of anilines is 1. The second-order valence-electron chi connectivity index (χ2n) is 3.85. The lowest BCUT2D eigenvalue weighted by Crippen LogP contribution is -2.29.